The third-order valence-corrected chi connectivity index (χ3v) is 3.42. The summed E-state index contributed by atoms with van der Waals surface area (Å²) < 4.78 is 5.63. The summed E-state index contributed by atoms with van der Waals surface area (Å²) in [4.78, 5) is 28.3. The second kappa shape index (κ2) is 6.52. The highest BCUT2D eigenvalue weighted by Crippen LogP contribution is 2.27. The number of hydrogen-bond donors (Lipinski definition) is 0. The first-order valence-electron chi connectivity index (χ1n) is 6.18. The van der Waals surface area contributed by atoms with Crippen molar-refractivity contribution in [2.45, 2.75) is 0 Å². The second-order valence-electron chi connectivity index (χ2n) is 4.53. The lowest BCUT2D eigenvalue weighted by Gasteiger charge is -2.16. The molecule has 0 aliphatic carbocycles. The van der Waals surface area contributed by atoms with E-state index in [-0.39, 0.29) is 17.0 Å². The number of halogens is 1. The molecule has 0 amide bonds. The van der Waals surface area contributed by atoms with E-state index in [4.69, 9.17) is 4.74 Å². The Morgan fingerprint density at radius 3 is 2.68 bits per heavy atom. The lowest BCUT2D eigenvalue weighted by Crippen LogP contribution is -2.17. The number of ether oxygens (including phenoxy) is 1. The Hall–Kier alpha value is -2.48. The second-order valence-corrected chi connectivity index (χ2v) is 5.29. The summed E-state index contributed by atoms with van der Waals surface area (Å²) in [6.45, 7) is 0. The smallest absolute Gasteiger partial charge is 0.346 e. The number of anilines is 1. The van der Waals surface area contributed by atoms with E-state index in [1.165, 1.54) is 18.2 Å². The van der Waals surface area contributed by atoms with E-state index < -0.39 is 10.9 Å². The predicted molar refractivity (Wildman–Crippen MR) is 84.3 cm³/mol. The minimum atomic E-state index is -0.693. The molecule has 1 heterocycles. The summed E-state index contributed by atoms with van der Waals surface area (Å²) in [7, 11) is 3.47. The van der Waals surface area contributed by atoms with Crippen LogP contribution in [0.2, 0.25) is 0 Å². The average Bonchev–Trinajstić information content (AvgIpc) is 2.48. The number of carbonyl (C=O) groups excluding carboxylic acids is 1. The zero-order chi connectivity index (χ0) is 16.3. The van der Waals surface area contributed by atoms with E-state index in [0.717, 1.165) is 0 Å². The van der Waals surface area contributed by atoms with Crippen LogP contribution in [0.4, 0.5) is 11.4 Å². The first kappa shape index (κ1) is 15.9. The number of aromatic nitrogens is 1. The molecule has 1 aromatic heterocycles. The molecule has 2 rings (SSSR count). The molecule has 8 heteroatoms. The van der Waals surface area contributed by atoms with Gasteiger partial charge < -0.3 is 9.64 Å². The molecular weight excluding hydrogens is 354 g/mol. The number of non-ortho nitro benzene ring substituents is 1. The summed E-state index contributed by atoms with van der Waals surface area (Å²) in [6.07, 6.45) is 1.54. The quantitative estimate of drug-likeness (QED) is 0.358. The molecule has 2 aromatic rings. The molecule has 1 aromatic carbocycles. The SMILES string of the molecule is CN(C)c1ccc([N+](=O)[O-])cc1C(=O)Oc1cccnc1Br. The van der Waals surface area contributed by atoms with Gasteiger partial charge in [0.25, 0.3) is 5.69 Å². The fourth-order valence-electron chi connectivity index (χ4n) is 1.79. The molecule has 0 saturated carbocycles. The summed E-state index contributed by atoms with van der Waals surface area (Å²) >= 11 is 3.18. The van der Waals surface area contributed by atoms with Crippen LogP contribution in [-0.2, 0) is 0 Å². The van der Waals surface area contributed by atoms with Crippen LogP contribution in [0.3, 0.4) is 0 Å². The standard InChI is InChI=1S/C14H12BrN3O4/c1-17(2)11-6-5-9(18(20)21)8-10(11)14(19)22-12-4-3-7-16-13(12)15/h3-8H,1-2H3. The molecule has 0 unspecified atom stereocenters. The summed E-state index contributed by atoms with van der Waals surface area (Å²) in [5, 5.41) is 10.9. The summed E-state index contributed by atoms with van der Waals surface area (Å²) in [5.41, 5.74) is 0.452. The zero-order valence-corrected chi connectivity index (χ0v) is 13.4. The maximum atomic E-state index is 12.3. The molecular formula is C14H12BrN3O4. The van der Waals surface area contributed by atoms with Crippen molar-refractivity contribution in [3.63, 3.8) is 0 Å². The molecule has 0 bridgehead atoms. The van der Waals surface area contributed by atoms with Gasteiger partial charge in [-0.25, -0.2) is 9.78 Å². The Labute approximate surface area is 134 Å². The van der Waals surface area contributed by atoms with Crippen molar-refractivity contribution in [2.75, 3.05) is 19.0 Å². The maximum Gasteiger partial charge on any atom is 0.346 e. The van der Waals surface area contributed by atoms with E-state index >= 15 is 0 Å². The lowest BCUT2D eigenvalue weighted by atomic mass is 10.1. The first-order chi connectivity index (χ1) is 10.4. The molecule has 0 radical (unpaired) electrons. The van der Waals surface area contributed by atoms with Crippen LogP contribution in [0.15, 0.2) is 41.1 Å². The minimum absolute atomic E-state index is 0.106. The molecule has 0 aliphatic heterocycles. The van der Waals surface area contributed by atoms with Gasteiger partial charge in [0.05, 0.1) is 16.2 Å². The van der Waals surface area contributed by atoms with Gasteiger partial charge >= 0.3 is 5.97 Å². The van der Waals surface area contributed by atoms with Gasteiger partial charge in [-0.2, -0.15) is 0 Å². The lowest BCUT2D eigenvalue weighted by molar-refractivity contribution is -0.384. The van der Waals surface area contributed by atoms with Crippen LogP contribution in [-0.4, -0.2) is 30.0 Å². The molecule has 0 spiro atoms. The van der Waals surface area contributed by atoms with Crippen molar-refractivity contribution in [2.24, 2.45) is 0 Å². The molecule has 0 saturated heterocycles. The Balaban J connectivity index is 2.41. The summed E-state index contributed by atoms with van der Waals surface area (Å²) in [6, 6.07) is 7.23. The van der Waals surface area contributed by atoms with Crippen molar-refractivity contribution < 1.29 is 14.5 Å². The highest BCUT2D eigenvalue weighted by Gasteiger charge is 2.20. The summed E-state index contributed by atoms with van der Waals surface area (Å²) in [5.74, 6) is -0.454. The fourth-order valence-corrected chi connectivity index (χ4v) is 2.12. The topological polar surface area (TPSA) is 85.6 Å². The van der Waals surface area contributed by atoms with E-state index in [9.17, 15) is 14.9 Å². The van der Waals surface area contributed by atoms with Crippen LogP contribution in [0.25, 0.3) is 0 Å². The average molecular weight is 366 g/mol. The number of esters is 1. The molecule has 0 fully saturated rings. The van der Waals surface area contributed by atoms with Gasteiger partial charge in [-0.05, 0) is 34.1 Å². The van der Waals surface area contributed by atoms with E-state index in [1.54, 1.807) is 37.3 Å². The molecule has 22 heavy (non-hydrogen) atoms. The Kier molecular flexibility index (Phi) is 4.71. The number of benzene rings is 1. The molecule has 0 atom stereocenters. The van der Waals surface area contributed by atoms with Gasteiger partial charge in [0.15, 0.2) is 5.75 Å². The van der Waals surface area contributed by atoms with Crippen molar-refractivity contribution in [1.29, 1.82) is 0 Å². The van der Waals surface area contributed by atoms with Gasteiger partial charge in [-0.3, -0.25) is 10.1 Å². The van der Waals surface area contributed by atoms with Gasteiger partial charge in [0.1, 0.15) is 4.60 Å². The first-order valence-corrected chi connectivity index (χ1v) is 6.98. The monoisotopic (exact) mass is 365 g/mol. The Morgan fingerprint density at radius 2 is 2.09 bits per heavy atom. The van der Waals surface area contributed by atoms with Crippen molar-refractivity contribution in [1.82, 2.24) is 4.98 Å². The third kappa shape index (κ3) is 3.40. The number of rotatable bonds is 4. The fraction of sp³-hybridized carbons (Fsp3) is 0.143. The normalized spacial score (nSPS) is 10.1. The largest absolute Gasteiger partial charge is 0.420 e. The Morgan fingerprint density at radius 1 is 1.36 bits per heavy atom. The number of carbonyl (C=O) groups is 1. The Bertz CT molecular complexity index is 734. The van der Waals surface area contributed by atoms with Crippen LogP contribution in [0, 0.1) is 10.1 Å². The molecule has 0 N–H and O–H groups in total. The van der Waals surface area contributed by atoms with Gasteiger partial charge in [0.2, 0.25) is 0 Å². The van der Waals surface area contributed by atoms with Gasteiger partial charge in [-0.15, -0.1) is 0 Å². The number of nitro benzene ring substituents is 1. The van der Waals surface area contributed by atoms with Crippen molar-refractivity contribution in [3.8, 4) is 5.75 Å². The number of nitrogens with zero attached hydrogens (tertiary/aromatic N) is 3. The van der Waals surface area contributed by atoms with E-state index in [1.807, 2.05) is 0 Å². The highest BCUT2D eigenvalue weighted by atomic mass is 79.9. The molecule has 114 valence electrons. The van der Waals surface area contributed by atoms with Crippen LogP contribution in [0.1, 0.15) is 10.4 Å². The highest BCUT2D eigenvalue weighted by molar-refractivity contribution is 9.10. The zero-order valence-electron chi connectivity index (χ0n) is 11.8. The van der Waals surface area contributed by atoms with Crippen LogP contribution >= 0.6 is 15.9 Å². The van der Waals surface area contributed by atoms with Crippen molar-refractivity contribution >= 4 is 33.3 Å². The number of nitro groups is 1. The van der Waals surface area contributed by atoms with Gasteiger partial charge in [-0.1, -0.05) is 0 Å². The van der Waals surface area contributed by atoms with Gasteiger partial charge in [0, 0.05) is 32.4 Å². The van der Waals surface area contributed by atoms with E-state index in [0.29, 0.717) is 10.3 Å². The molecule has 0 aliphatic rings. The van der Waals surface area contributed by atoms with Crippen LogP contribution < -0.4 is 9.64 Å². The number of pyridine rings is 1. The third-order valence-electron chi connectivity index (χ3n) is 2.82. The number of hydrogen-bond acceptors (Lipinski definition) is 6. The minimum Gasteiger partial charge on any atom is -0.420 e. The van der Waals surface area contributed by atoms with Crippen LogP contribution in [0.5, 0.6) is 5.75 Å². The van der Waals surface area contributed by atoms with E-state index in [2.05, 4.69) is 20.9 Å². The predicted octanol–water partition coefficient (Wildman–Crippen LogP) is 3.04. The maximum absolute atomic E-state index is 12.3. The molecule has 7 nitrogen and oxygen atoms in total. The van der Waals surface area contributed by atoms with Crippen molar-refractivity contribution in [3.05, 3.63) is 56.8 Å².